The predicted molar refractivity (Wildman–Crippen MR) is 67.8 cm³/mol. The summed E-state index contributed by atoms with van der Waals surface area (Å²) in [7, 11) is 0. The topological polar surface area (TPSA) is 82.2 Å². The first-order valence-electron chi connectivity index (χ1n) is 5.47. The average molecular weight is 262 g/mol. The third-order valence-electron chi connectivity index (χ3n) is 2.50. The Labute approximate surface area is 107 Å². The molecule has 1 heterocycles. The smallest absolute Gasteiger partial charge is 0.261 e. The van der Waals surface area contributed by atoms with Crippen LogP contribution in [0.1, 0.15) is 16.1 Å². The molecule has 1 amide bonds. The van der Waals surface area contributed by atoms with Crippen molar-refractivity contribution in [3.63, 3.8) is 0 Å². The fraction of sp³-hybridized carbons (Fsp3) is 0.0769. The van der Waals surface area contributed by atoms with Crippen molar-refractivity contribution in [3.05, 3.63) is 57.8 Å². The highest BCUT2D eigenvalue weighted by atomic mass is 19.1. The average Bonchev–Trinajstić information content (AvgIpc) is 2.32. The highest BCUT2D eigenvalue weighted by Gasteiger charge is 2.13. The molecule has 2 rings (SSSR count). The molecule has 0 saturated heterocycles. The molecular weight excluding hydrogens is 251 g/mol. The van der Waals surface area contributed by atoms with Gasteiger partial charge in [0.2, 0.25) is 0 Å². The van der Waals surface area contributed by atoms with E-state index in [0.717, 1.165) is 6.07 Å². The van der Waals surface area contributed by atoms with E-state index in [4.69, 9.17) is 5.11 Å². The van der Waals surface area contributed by atoms with Gasteiger partial charge in [0.05, 0.1) is 5.69 Å². The maximum absolute atomic E-state index is 13.4. The van der Waals surface area contributed by atoms with E-state index < -0.39 is 17.3 Å². The van der Waals surface area contributed by atoms with Gasteiger partial charge in [-0.25, -0.2) is 4.39 Å². The minimum Gasteiger partial charge on any atom is -0.508 e. The van der Waals surface area contributed by atoms with E-state index in [0.29, 0.717) is 5.69 Å². The quantitative estimate of drug-likeness (QED) is 0.721. The number of H-pyrrole nitrogens is 1. The minimum atomic E-state index is -0.781. The number of anilines is 1. The second-order valence-corrected chi connectivity index (χ2v) is 4.00. The third-order valence-corrected chi connectivity index (χ3v) is 2.50. The number of benzene rings is 1. The van der Waals surface area contributed by atoms with Crippen LogP contribution < -0.4 is 10.9 Å². The van der Waals surface area contributed by atoms with Crippen LogP contribution in [0.3, 0.4) is 0 Å². The largest absolute Gasteiger partial charge is 0.508 e. The maximum atomic E-state index is 13.4. The molecule has 3 N–H and O–H groups in total. The number of aryl methyl sites for hydroxylation is 1. The number of phenols is 1. The van der Waals surface area contributed by atoms with E-state index in [2.05, 4.69) is 10.3 Å². The highest BCUT2D eigenvalue weighted by Crippen LogP contribution is 2.19. The SMILES string of the molecule is Cc1ccc(C(=O)Nc2ccc(O)cc2F)c(=O)[nH]1. The van der Waals surface area contributed by atoms with E-state index >= 15 is 0 Å². The number of phenolic OH excluding ortho intramolecular Hbond substituents is 1. The molecule has 98 valence electrons. The molecule has 0 aliphatic rings. The summed E-state index contributed by atoms with van der Waals surface area (Å²) in [6, 6.07) is 6.25. The van der Waals surface area contributed by atoms with Crippen LogP contribution in [0.4, 0.5) is 10.1 Å². The van der Waals surface area contributed by atoms with E-state index in [-0.39, 0.29) is 17.0 Å². The van der Waals surface area contributed by atoms with Crippen LogP contribution in [0.2, 0.25) is 0 Å². The number of aromatic nitrogens is 1. The second kappa shape index (κ2) is 4.93. The molecule has 6 heteroatoms. The number of aromatic hydroxyl groups is 1. The number of hydrogen-bond acceptors (Lipinski definition) is 3. The lowest BCUT2D eigenvalue weighted by Crippen LogP contribution is -2.23. The van der Waals surface area contributed by atoms with Gasteiger partial charge in [-0.05, 0) is 31.2 Å². The van der Waals surface area contributed by atoms with Gasteiger partial charge in [-0.3, -0.25) is 9.59 Å². The van der Waals surface area contributed by atoms with Crippen LogP contribution in [-0.2, 0) is 0 Å². The lowest BCUT2D eigenvalue weighted by atomic mass is 10.2. The van der Waals surface area contributed by atoms with Crippen LogP contribution in [0.15, 0.2) is 35.1 Å². The Morgan fingerprint density at radius 1 is 1.32 bits per heavy atom. The molecule has 1 aromatic heterocycles. The number of aromatic amines is 1. The van der Waals surface area contributed by atoms with Crippen LogP contribution in [0.25, 0.3) is 0 Å². The monoisotopic (exact) mass is 262 g/mol. The zero-order valence-corrected chi connectivity index (χ0v) is 10.0. The summed E-state index contributed by atoms with van der Waals surface area (Å²) in [4.78, 5) is 25.9. The van der Waals surface area contributed by atoms with Crippen LogP contribution >= 0.6 is 0 Å². The van der Waals surface area contributed by atoms with Crippen molar-refractivity contribution in [3.8, 4) is 5.75 Å². The number of pyridine rings is 1. The highest BCUT2D eigenvalue weighted by molar-refractivity contribution is 6.04. The molecule has 0 saturated carbocycles. The first-order chi connectivity index (χ1) is 8.97. The van der Waals surface area contributed by atoms with Crippen molar-refractivity contribution in [1.82, 2.24) is 4.98 Å². The van der Waals surface area contributed by atoms with Gasteiger partial charge in [0.25, 0.3) is 11.5 Å². The van der Waals surface area contributed by atoms with E-state index in [1.807, 2.05) is 0 Å². The van der Waals surface area contributed by atoms with Crippen molar-refractivity contribution in [2.24, 2.45) is 0 Å². The lowest BCUT2D eigenvalue weighted by molar-refractivity contribution is 0.102. The molecule has 1 aromatic carbocycles. The summed E-state index contributed by atoms with van der Waals surface area (Å²) < 4.78 is 13.4. The van der Waals surface area contributed by atoms with Gasteiger partial charge in [0.15, 0.2) is 0 Å². The predicted octanol–water partition coefficient (Wildman–Crippen LogP) is 1.78. The van der Waals surface area contributed by atoms with Crippen LogP contribution in [0.5, 0.6) is 5.75 Å². The summed E-state index contributed by atoms with van der Waals surface area (Å²) >= 11 is 0. The van der Waals surface area contributed by atoms with Gasteiger partial charge < -0.3 is 15.4 Å². The van der Waals surface area contributed by atoms with Crippen LogP contribution in [-0.4, -0.2) is 16.0 Å². The first-order valence-corrected chi connectivity index (χ1v) is 5.47. The number of halogens is 1. The Bertz CT molecular complexity index is 695. The number of carbonyl (C=O) groups excluding carboxylic acids is 1. The molecule has 0 bridgehead atoms. The van der Waals surface area contributed by atoms with Gasteiger partial charge in [-0.15, -0.1) is 0 Å². The number of carbonyl (C=O) groups is 1. The summed E-state index contributed by atoms with van der Waals surface area (Å²) in [5, 5.41) is 11.3. The molecule has 0 spiro atoms. The third kappa shape index (κ3) is 2.79. The molecule has 19 heavy (non-hydrogen) atoms. The number of amides is 1. The fourth-order valence-corrected chi connectivity index (χ4v) is 1.55. The van der Waals surface area contributed by atoms with Crippen molar-refractivity contribution in [2.75, 3.05) is 5.32 Å². The Morgan fingerprint density at radius 3 is 2.68 bits per heavy atom. The lowest BCUT2D eigenvalue weighted by Gasteiger charge is -2.06. The van der Waals surface area contributed by atoms with Crippen molar-refractivity contribution in [2.45, 2.75) is 6.92 Å². The molecule has 0 unspecified atom stereocenters. The molecule has 5 nitrogen and oxygen atoms in total. The molecule has 2 aromatic rings. The first kappa shape index (κ1) is 12.8. The van der Waals surface area contributed by atoms with Crippen LogP contribution in [0, 0.1) is 12.7 Å². The Morgan fingerprint density at radius 2 is 2.05 bits per heavy atom. The Hall–Kier alpha value is -2.63. The van der Waals surface area contributed by atoms with Crippen molar-refractivity contribution >= 4 is 11.6 Å². The second-order valence-electron chi connectivity index (χ2n) is 4.00. The molecule has 0 radical (unpaired) electrons. The van der Waals surface area contributed by atoms with Crippen molar-refractivity contribution < 1.29 is 14.3 Å². The minimum absolute atomic E-state index is 0.109. The molecule has 0 aliphatic carbocycles. The summed E-state index contributed by atoms with van der Waals surface area (Å²) in [5.74, 6) is -1.74. The number of nitrogens with one attached hydrogen (secondary N) is 2. The summed E-state index contributed by atoms with van der Waals surface area (Å²) in [6.45, 7) is 1.68. The number of hydrogen-bond donors (Lipinski definition) is 3. The maximum Gasteiger partial charge on any atom is 0.261 e. The summed E-state index contributed by atoms with van der Waals surface area (Å²) in [5.41, 5.74) is -0.144. The van der Waals surface area contributed by atoms with Gasteiger partial charge in [-0.1, -0.05) is 0 Å². The summed E-state index contributed by atoms with van der Waals surface area (Å²) in [6.07, 6.45) is 0. The van der Waals surface area contributed by atoms with Gasteiger partial charge in [0.1, 0.15) is 17.1 Å². The van der Waals surface area contributed by atoms with E-state index in [1.54, 1.807) is 13.0 Å². The van der Waals surface area contributed by atoms with Gasteiger partial charge in [-0.2, -0.15) is 0 Å². The Balaban J connectivity index is 2.28. The number of rotatable bonds is 2. The molecule has 0 aliphatic heterocycles. The molecule has 0 atom stereocenters. The normalized spacial score (nSPS) is 10.2. The zero-order valence-electron chi connectivity index (χ0n) is 10.0. The van der Waals surface area contributed by atoms with E-state index in [1.165, 1.54) is 18.2 Å². The fourth-order valence-electron chi connectivity index (χ4n) is 1.55. The van der Waals surface area contributed by atoms with E-state index in [9.17, 15) is 14.0 Å². The standard InChI is InChI=1S/C13H11FN2O3/c1-7-2-4-9(12(18)15-7)13(19)16-11-5-3-8(17)6-10(11)14/h2-6,17H,1H3,(H,15,18)(H,16,19). The molecule has 0 fully saturated rings. The Kier molecular flexibility index (Phi) is 3.33. The van der Waals surface area contributed by atoms with Crippen molar-refractivity contribution in [1.29, 1.82) is 0 Å². The van der Waals surface area contributed by atoms with Gasteiger partial charge in [0, 0.05) is 11.8 Å². The molecular formula is C13H11FN2O3. The van der Waals surface area contributed by atoms with Gasteiger partial charge >= 0.3 is 0 Å². The zero-order chi connectivity index (χ0) is 14.0.